The van der Waals surface area contributed by atoms with Crippen LogP contribution in [0, 0.1) is 6.92 Å². The molecule has 62 valence electrons. The molecular weight excluding hydrogens is 181 g/mol. The standard InChI is InChI=1S/C4H3F3N2OS/c1-2-8-3(9-11-2)10-4(5,6)7/h1H3. The molecule has 0 N–H and O–H groups in total. The Morgan fingerprint density at radius 3 is 2.45 bits per heavy atom. The Morgan fingerprint density at radius 1 is 1.45 bits per heavy atom. The van der Waals surface area contributed by atoms with Gasteiger partial charge in [-0.1, -0.05) is 0 Å². The maximum absolute atomic E-state index is 11.5. The summed E-state index contributed by atoms with van der Waals surface area (Å²) in [6, 6.07) is -0.639. The van der Waals surface area contributed by atoms with Crippen molar-refractivity contribution in [2.75, 3.05) is 0 Å². The summed E-state index contributed by atoms with van der Waals surface area (Å²) in [5.74, 6) is 0. The van der Waals surface area contributed by atoms with E-state index in [1.54, 1.807) is 6.92 Å². The van der Waals surface area contributed by atoms with Gasteiger partial charge in [0, 0.05) is 0 Å². The highest BCUT2D eigenvalue weighted by atomic mass is 32.1. The maximum Gasteiger partial charge on any atom is 0.575 e. The van der Waals surface area contributed by atoms with Gasteiger partial charge in [0.15, 0.2) is 0 Å². The fraction of sp³-hybridized carbons (Fsp3) is 0.500. The minimum atomic E-state index is -4.70. The number of hydrogen-bond donors (Lipinski definition) is 0. The second-order valence-electron chi connectivity index (χ2n) is 1.64. The van der Waals surface area contributed by atoms with E-state index in [0.29, 0.717) is 5.01 Å². The first kappa shape index (κ1) is 8.25. The first-order valence-electron chi connectivity index (χ1n) is 2.53. The van der Waals surface area contributed by atoms with E-state index in [9.17, 15) is 13.2 Å². The van der Waals surface area contributed by atoms with Gasteiger partial charge in [-0.05, 0) is 18.5 Å². The molecule has 0 amide bonds. The summed E-state index contributed by atoms with van der Waals surface area (Å²) in [6.07, 6.45) is -4.70. The average Bonchev–Trinajstić information content (AvgIpc) is 2.10. The van der Waals surface area contributed by atoms with Crippen LogP contribution in [0.4, 0.5) is 13.2 Å². The third kappa shape index (κ3) is 2.71. The summed E-state index contributed by atoms with van der Waals surface area (Å²) in [5, 5.41) is 0.434. The van der Waals surface area contributed by atoms with E-state index in [4.69, 9.17) is 0 Å². The maximum atomic E-state index is 11.5. The average molecular weight is 184 g/mol. The molecule has 0 aliphatic heterocycles. The Hall–Kier alpha value is -0.850. The molecular formula is C4H3F3N2OS. The van der Waals surface area contributed by atoms with Crippen LogP contribution in [0.3, 0.4) is 0 Å². The first-order chi connectivity index (χ1) is 4.97. The quantitative estimate of drug-likeness (QED) is 0.666. The van der Waals surface area contributed by atoms with Gasteiger partial charge in [0.25, 0.3) is 0 Å². The SMILES string of the molecule is Cc1nc(OC(F)(F)F)ns1. The van der Waals surface area contributed by atoms with Crippen LogP contribution in [-0.2, 0) is 0 Å². The van der Waals surface area contributed by atoms with Crippen molar-refractivity contribution in [3.8, 4) is 6.01 Å². The largest absolute Gasteiger partial charge is 0.575 e. The van der Waals surface area contributed by atoms with Crippen molar-refractivity contribution in [2.24, 2.45) is 0 Å². The molecule has 0 saturated heterocycles. The molecule has 1 rings (SSSR count). The zero-order valence-corrected chi connectivity index (χ0v) is 6.16. The summed E-state index contributed by atoms with van der Waals surface area (Å²) in [6.45, 7) is 1.54. The third-order valence-corrected chi connectivity index (χ3v) is 1.32. The normalized spacial score (nSPS) is 11.6. The van der Waals surface area contributed by atoms with Crippen LogP contribution < -0.4 is 4.74 Å². The lowest BCUT2D eigenvalue weighted by molar-refractivity contribution is -0.277. The lowest BCUT2D eigenvalue weighted by atomic mass is 10.8. The van der Waals surface area contributed by atoms with Gasteiger partial charge < -0.3 is 4.74 Å². The van der Waals surface area contributed by atoms with E-state index in [1.807, 2.05) is 0 Å². The van der Waals surface area contributed by atoms with Crippen molar-refractivity contribution < 1.29 is 17.9 Å². The molecule has 0 aromatic carbocycles. The topological polar surface area (TPSA) is 35.0 Å². The Morgan fingerprint density at radius 2 is 2.09 bits per heavy atom. The Balaban J connectivity index is 2.65. The molecule has 1 aromatic heterocycles. The molecule has 0 aliphatic carbocycles. The number of ether oxygens (including phenoxy) is 1. The summed E-state index contributed by atoms with van der Waals surface area (Å²) >= 11 is 0.859. The lowest BCUT2D eigenvalue weighted by Crippen LogP contribution is -2.17. The van der Waals surface area contributed by atoms with Gasteiger partial charge >= 0.3 is 12.4 Å². The number of alkyl halides is 3. The van der Waals surface area contributed by atoms with Crippen LogP contribution in [-0.4, -0.2) is 15.7 Å². The molecule has 3 nitrogen and oxygen atoms in total. The van der Waals surface area contributed by atoms with Crippen LogP contribution in [0.25, 0.3) is 0 Å². The molecule has 0 spiro atoms. The zero-order chi connectivity index (χ0) is 8.48. The fourth-order valence-electron chi connectivity index (χ4n) is 0.426. The summed E-state index contributed by atoms with van der Waals surface area (Å²) in [4.78, 5) is 3.36. The molecule has 0 aliphatic rings. The van der Waals surface area contributed by atoms with E-state index in [-0.39, 0.29) is 0 Å². The minimum Gasteiger partial charge on any atom is -0.370 e. The van der Waals surface area contributed by atoms with E-state index >= 15 is 0 Å². The summed E-state index contributed by atoms with van der Waals surface area (Å²) in [5.41, 5.74) is 0. The van der Waals surface area contributed by atoms with Gasteiger partial charge in [-0.15, -0.1) is 17.5 Å². The highest BCUT2D eigenvalue weighted by Crippen LogP contribution is 2.20. The molecule has 0 saturated carbocycles. The fourth-order valence-corrected chi connectivity index (χ4v) is 0.833. The van der Waals surface area contributed by atoms with Crippen LogP contribution in [0.15, 0.2) is 0 Å². The molecule has 11 heavy (non-hydrogen) atoms. The highest BCUT2D eigenvalue weighted by molar-refractivity contribution is 7.05. The Labute approximate surface area is 64.0 Å². The van der Waals surface area contributed by atoms with E-state index in [1.165, 1.54) is 0 Å². The molecule has 7 heteroatoms. The van der Waals surface area contributed by atoms with Gasteiger partial charge in [0.05, 0.1) is 0 Å². The van der Waals surface area contributed by atoms with Crippen LogP contribution >= 0.6 is 11.5 Å². The predicted octanol–water partition coefficient (Wildman–Crippen LogP) is 1.75. The second-order valence-corrected chi connectivity index (χ2v) is 2.60. The van der Waals surface area contributed by atoms with Crippen molar-refractivity contribution in [1.82, 2.24) is 9.36 Å². The molecule has 1 heterocycles. The van der Waals surface area contributed by atoms with Crippen molar-refractivity contribution in [1.29, 1.82) is 0 Å². The van der Waals surface area contributed by atoms with Crippen molar-refractivity contribution >= 4 is 11.5 Å². The molecule has 1 aromatic rings. The highest BCUT2D eigenvalue weighted by Gasteiger charge is 2.32. The van der Waals surface area contributed by atoms with Gasteiger partial charge in [0.2, 0.25) is 0 Å². The van der Waals surface area contributed by atoms with E-state index < -0.39 is 12.4 Å². The van der Waals surface area contributed by atoms with Gasteiger partial charge in [-0.25, -0.2) is 0 Å². The lowest BCUT2D eigenvalue weighted by Gasteiger charge is -2.02. The van der Waals surface area contributed by atoms with Crippen LogP contribution in [0.5, 0.6) is 6.01 Å². The second kappa shape index (κ2) is 2.65. The van der Waals surface area contributed by atoms with Gasteiger partial charge in [0.1, 0.15) is 5.01 Å². The van der Waals surface area contributed by atoms with Crippen LogP contribution in [0.1, 0.15) is 5.01 Å². The van der Waals surface area contributed by atoms with Crippen LogP contribution in [0.2, 0.25) is 0 Å². The summed E-state index contributed by atoms with van der Waals surface area (Å²) < 4.78 is 41.1. The number of hydrogen-bond acceptors (Lipinski definition) is 4. The monoisotopic (exact) mass is 184 g/mol. The molecule has 0 fully saturated rings. The first-order valence-corrected chi connectivity index (χ1v) is 3.31. The Bertz CT molecular complexity index is 246. The molecule has 0 unspecified atom stereocenters. The smallest absolute Gasteiger partial charge is 0.370 e. The van der Waals surface area contributed by atoms with E-state index in [0.717, 1.165) is 11.5 Å². The number of aryl methyl sites for hydroxylation is 1. The Kier molecular flexibility index (Phi) is 1.99. The predicted molar refractivity (Wildman–Crippen MR) is 31.3 cm³/mol. The van der Waals surface area contributed by atoms with Crippen molar-refractivity contribution in [3.05, 3.63) is 5.01 Å². The molecule has 0 radical (unpaired) electrons. The van der Waals surface area contributed by atoms with E-state index in [2.05, 4.69) is 14.1 Å². The minimum absolute atomic E-state index is 0.434. The van der Waals surface area contributed by atoms with Crippen molar-refractivity contribution in [3.63, 3.8) is 0 Å². The number of rotatable bonds is 1. The van der Waals surface area contributed by atoms with Gasteiger partial charge in [-0.3, -0.25) is 0 Å². The molecule has 0 bridgehead atoms. The zero-order valence-electron chi connectivity index (χ0n) is 5.34. The summed E-state index contributed by atoms with van der Waals surface area (Å²) in [7, 11) is 0. The van der Waals surface area contributed by atoms with Gasteiger partial charge in [-0.2, -0.15) is 4.98 Å². The number of nitrogens with zero attached hydrogens (tertiary/aromatic N) is 2. The third-order valence-electron chi connectivity index (χ3n) is 0.716. The molecule has 0 atom stereocenters. The van der Waals surface area contributed by atoms with Crippen molar-refractivity contribution in [2.45, 2.75) is 13.3 Å². The number of halogens is 3. The number of aromatic nitrogens is 2.